The lowest BCUT2D eigenvalue weighted by Crippen LogP contribution is -2.49. The fraction of sp³-hybridized carbons (Fsp3) is 0.600. The van der Waals surface area contributed by atoms with Crippen molar-refractivity contribution in [2.75, 3.05) is 5.75 Å². The molecule has 0 saturated carbocycles. The third-order valence-electron chi connectivity index (χ3n) is 3.54. The van der Waals surface area contributed by atoms with Crippen LogP contribution in [0.25, 0.3) is 0 Å². The van der Waals surface area contributed by atoms with Crippen LogP contribution in [-0.2, 0) is 9.59 Å². The number of carbonyl (C=O) groups excluding carboxylic acids is 1. The minimum atomic E-state index is -0.908. The Balaban J connectivity index is 2.65. The van der Waals surface area contributed by atoms with Gasteiger partial charge in [-0.05, 0) is 32.8 Å². The quantitative estimate of drug-likeness (QED) is 0.563. The molecule has 0 aliphatic carbocycles. The number of nitrogens with zero attached hydrogens (tertiary/aromatic N) is 2. The molecule has 22 heavy (non-hydrogen) atoms. The fourth-order valence-electron chi connectivity index (χ4n) is 2.23. The summed E-state index contributed by atoms with van der Waals surface area (Å²) in [5.41, 5.74) is 1.03. The highest BCUT2D eigenvalue weighted by Gasteiger charge is 2.30. The molecule has 1 amide bonds. The molecule has 6 nitrogen and oxygen atoms in total. The number of aliphatic carboxylic acids is 1. The summed E-state index contributed by atoms with van der Waals surface area (Å²) >= 11 is 1.26. The minimum Gasteiger partial charge on any atom is -0.481 e. The van der Waals surface area contributed by atoms with E-state index in [1.807, 2.05) is 33.8 Å². The van der Waals surface area contributed by atoms with Crippen LogP contribution in [0.15, 0.2) is 11.2 Å². The van der Waals surface area contributed by atoms with Gasteiger partial charge in [-0.2, -0.15) is 0 Å². The van der Waals surface area contributed by atoms with Crippen molar-refractivity contribution in [2.24, 2.45) is 0 Å². The number of carboxylic acid groups (broad SMARTS) is 1. The molecule has 1 rings (SSSR count). The number of hydrogen-bond acceptors (Lipinski definition) is 5. The first-order chi connectivity index (χ1) is 10.3. The number of rotatable bonds is 8. The molecule has 1 heterocycles. The molecular formula is C15H23N3O3S. The van der Waals surface area contributed by atoms with Gasteiger partial charge < -0.3 is 10.4 Å². The van der Waals surface area contributed by atoms with Crippen molar-refractivity contribution in [1.29, 1.82) is 0 Å². The average molecular weight is 325 g/mol. The largest absolute Gasteiger partial charge is 0.481 e. The fourth-order valence-corrected chi connectivity index (χ4v) is 2.98. The van der Waals surface area contributed by atoms with E-state index in [1.165, 1.54) is 11.8 Å². The summed E-state index contributed by atoms with van der Waals surface area (Å²) in [4.78, 5) is 31.7. The molecule has 7 heteroatoms. The van der Waals surface area contributed by atoms with Gasteiger partial charge in [-0.15, -0.1) is 0 Å². The lowest BCUT2D eigenvalue weighted by atomic mass is 9.89. The molecule has 0 unspecified atom stereocenters. The van der Waals surface area contributed by atoms with Crippen LogP contribution in [0.2, 0.25) is 0 Å². The first-order valence-electron chi connectivity index (χ1n) is 7.28. The van der Waals surface area contributed by atoms with Gasteiger partial charge in [0, 0.05) is 16.9 Å². The Morgan fingerprint density at radius 3 is 2.23 bits per heavy atom. The minimum absolute atomic E-state index is 0.0730. The lowest BCUT2D eigenvalue weighted by molar-refractivity contribution is -0.139. The monoisotopic (exact) mass is 325 g/mol. The smallest absolute Gasteiger partial charge is 0.305 e. The van der Waals surface area contributed by atoms with Gasteiger partial charge in [-0.1, -0.05) is 25.6 Å². The maximum Gasteiger partial charge on any atom is 0.305 e. The van der Waals surface area contributed by atoms with E-state index in [-0.39, 0.29) is 18.1 Å². The van der Waals surface area contributed by atoms with Crippen molar-refractivity contribution in [3.63, 3.8) is 0 Å². The van der Waals surface area contributed by atoms with Crippen LogP contribution >= 0.6 is 11.8 Å². The molecule has 0 saturated heterocycles. The van der Waals surface area contributed by atoms with Crippen LogP contribution in [0, 0.1) is 13.8 Å². The van der Waals surface area contributed by atoms with Gasteiger partial charge in [0.05, 0.1) is 12.2 Å². The summed E-state index contributed by atoms with van der Waals surface area (Å²) in [5.74, 6) is -0.934. The Labute approximate surface area is 135 Å². The summed E-state index contributed by atoms with van der Waals surface area (Å²) in [5, 5.41) is 12.4. The lowest BCUT2D eigenvalue weighted by Gasteiger charge is -2.31. The number of hydrogen-bond donors (Lipinski definition) is 2. The molecule has 2 N–H and O–H groups in total. The number of carbonyl (C=O) groups is 2. The number of aromatic nitrogens is 2. The van der Waals surface area contributed by atoms with E-state index in [4.69, 9.17) is 5.11 Å². The molecule has 0 spiro atoms. The second kappa shape index (κ2) is 8.12. The first-order valence-corrected chi connectivity index (χ1v) is 8.26. The Morgan fingerprint density at radius 1 is 1.23 bits per heavy atom. The molecule has 0 aromatic carbocycles. The van der Waals surface area contributed by atoms with Gasteiger partial charge in [0.25, 0.3) is 0 Å². The summed E-state index contributed by atoms with van der Waals surface area (Å²) in [6.07, 6.45) is 1.08. The van der Waals surface area contributed by atoms with E-state index in [9.17, 15) is 9.59 Å². The van der Waals surface area contributed by atoms with Gasteiger partial charge in [-0.25, -0.2) is 9.97 Å². The molecule has 1 aromatic rings. The van der Waals surface area contributed by atoms with Crippen LogP contribution in [0.3, 0.4) is 0 Å². The Bertz CT molecular complexity index is 525. The SMILES string of the molecule is CCC(CC)(CC(=O)O)NC(=O)CSc1nc(C)cc(C)n1. The summed E-state index contributed by atoms with van der Waals surface area (Å²) < 4.78 is 0. The second-order valence-electron chi connectivity index (χ2n) is 5.33. The van der Waals surface area contributed by atoms with Gasteiger partial charge in [0.1, 0.15) is 0 Å². The third-order valence-corrected chi connectivity index (χ3v) is 4.39. The average Bonchev–Trinajstić information content (AvgIpc) is 2.43. The summed E-state index contributed by atoms with van der Waals surface area (Å²) in [6.45, 7) is 7.52. The van der Waals surface area contributed by atoms with Crippen molar-refractivity contribution >= 4 is 23.6 Å². The summed E-state index contributed by atoms with van der Waals surface area (Å²) in [7, 11) is 0. The highest BCUT2D eigenvalue weighted by Crippen LogP contribution is 2.21. The highest BCUT2D eigenvalue weighted by molar-refractivity contribution is 7.99. The van der Waals surface area contributed by atoms with E-state index in [2.05, 4.69) is 15.3 Å². The Morgan fingerprint density at radius 2 is 1.77 bits per heavy atom. The maximum atomic E-state index is 12.1. The van der Waals surface area contributed by atoms with Crippen molar-refractivity contribution in [1.82, 2.24) is 15.3 Å². The molecular weight excluding hydrogens is 302 g/mol. The van der Waals surface area contributed by atoms with Gasteiger partial charge in [-0.3, -0.25) is 9.59 Å². The van der Waals surface area contributed by atoms with Crippen molar-refractivity contribution in [3.8, 4) is 0 Å². The molecule has 0 aliphatic rings. The predicted octanol–water partition coefficient (Wildman–Crippen LogP) is 2.34. The van der Waals surface area contributed by atoms with E-state index in [0.29, 0.717) is 18.0 Å². The van der Waals surface area contributed by atoms with Crippen LogP contribution in [-0.4, -0.2) is 38.2 Å². The van der Waals surface area contributed by atoms with Gasteiger partial charge in [0.2, 0.25) is 5.91 Å². The van der Waals surface area contributed by atoms with Gasteiger partial charge in [0.15, 0.2) is 5.16 Å². The number of carboxylic acids is 1. The topological polar surface area (TPSA) is 92.2 Å². The van der Waals surface area contributed by atoms with Crippen molar-refractivity contribution < 1.29 is 14.7 Å². The maximum absolute atomic E-state index is 12.1. The van der Waals surface area contributed by atoms with Crippen LogP contribution in [0.4, 0.5) is 0 Å². The zero-order valence-corrected chi connectivity index (χ0v) is 14.3. The van der Waals surface area contributed by atoms with Gasteiger partial charge >= 0.3 is 5.97 Å². The Hall–Kier alpha value is -1.63. The zero-order chi connectivity index (χ0) is 16.8. The number of thioether (sulfide) groups is 1. The van der Waals surface area contributed by atoms with Crippen LogP contribution in [0.5, 0.6) is 0 Å². The molecule has 0 bridgehead atoms. The second-order valence-corrected chi connectivity index (χ2v) is 6.27. The molecule has 0 radical (unpaired) electrons. The van der Waals surface area contributed by atoms with E-state index in [1.54, 1.807) is 0 Å². The molecule has 0 fully saturated rings. The van der Waals surface area contributed by atoms with E-state index < -0.39 is 11.5 Å². The predicted molar refractivity (Wildman–Crippen MR) is 85.9 cm³/mol. The normalized spacial score (nSPS) is 11.3. The molecule has 0 atom stereocenters. The molecule has 122 valence electrons. The zero-order valence-electron chi connectivity index (χ0n) is 13.5. The van der Waals surface area contributed by atoms with Crippen LogP contribution in [0.1, 0.15) is 44.5 Å². The van der Waals surface area contributed by atoms with E-state index >= 15 is 0 Å². The first kappa shape index (κ1) is 18.4. The van der Waals surface area contributed by atoms with E-state index in [0.717, 1.165) is 11.4 Å². The van der Waals surface area contributed by atoms with Crippen LogP contribution < -0.4 is 5.32 Å². The molecule has 0 aliphatic heterocycles. The summed E-state index contributed by atoms with van der Waals surface area (Å²) in [6, 6.07) is 1.87. The number of amides is 1. The third kappa shape index (κ3) is 5.63. The number of aryl methyl sites for hydroxylation is 2. The highest BCUT2D eigenvalue weighted by atomic mass is 32.2. The molecule has 1 aromatic heterocycles. The standard InChI is InChI=1S/C15H23N3O3S/c1-5-15(6-2,8-13(20)21)18-12(19)9-22-14-16-10(3)7-11(4)17-14/h7H,5-6,8-9H2,1-4H3,(H,18,19)(H,20,21). The number of nitrogens with one attached hydrogen (secondary N) is 1. The Kier molecular flexibility index (Phi) is 6.80. The van der Waals surface area contributed by atoms with Crippen molar-refractivity contribution in [2.45, 2.75) is 57.7 Å². The van der Waals surface area contributed by atoms with Crippen molar-refractivity contribution in [3.05, 3.63) is 17.5 Å².